The standard InChI is InChI=1S/C7H9ClN2O2/c1-5-3-6(11-2)10-7(9-5)12-4-8/h3H,4H2,1-2H3. The van der Waals surface area contributed by atoms with Crippen LogP contribution in [0.25, 0.3) is 0 Å². The van der Waals surface area contributed by atoms with Crippen LogP contribution >= 0.6 is 11.6 Å². The smallest absolute Gasteiger partial charge is 0.321 e. The van der Waals surface area contributed by atoms with Crippen LogP contribution in [-0.2, 0) is 0 Å². The number of ether oxygens (including phenoxy) is 2. The molecule has 0 radical (unpaired) electrons. The highest BCUT2D eigenvalue weighted by Gasteiger charge is 2.01. The van der Waals surface area contributed by atoms with Gasteiger partial charge < -0.3 is 9.47 Å². The number of hydrogen-bond donors (Lipinski definition) is 0. The van der Waals surface area contributed by atoms with Crippen molar-refractivity contribution < 1.29 is 9.47 Å². The molecule has 0 bridgehead atoms. The minimum absolute atomic E-state index is 0.0343. The molecular weight excluding hydrogens is 180 g/mol. The van der Waals surface area contributed by atoms with E-state index in [0.29, 0.717) is 5.88 Å². The molecule has 5 heteroatoms. The van der Waals surface area contributed by atoms with Crippen LogP contribution < -0.4 is 9.47 Å². The minimum atomic E-state index is 0.0343. The van der Waals surface area contributed by atoms with Crippen molar-refractivity contribution in [3.63, 3.8) is 0 Å². The van der Waals surface area contributed by atoms with Crippen LogP contribution in [0.1, 0.15) is 5.69 Å². The molecule has 0 aliphatic heterocycles. The van der Waals surface area contributed by atoms with Crippen molar-refractivity contribution in [1.29, 1.82) is 0 Å². The molecule has 4 nitrogen and oxygen atoms in total. The van der Waals surface area contributed by atoms with E-state index in [1.54, 1.807) is 6.07 Å². The van der Waals surface area contributed by atoms with E-state index in [1.165, 1.54) is 7.11 Å². The quantitative estimate of drug-likeness (QED) is 0.672. The van der Waals surface area contributed by atoms with E-state index in [9.17, 15) is 0 Å². The van der Waals surface area contributed by atoms with Crippen LogP contribution in [0.3, 0.4) is 0 Å². The highest BCUT2D eigenvalue weighted by Crippen LogP contribution is 2.12. The summed E-state index contributed by atoms with van der Waals surface area (Å²) in [6, 6.07) is 1.98. The van der Waals surface area contributed by atoms with Crippen LogP contribution in [0.2, 0.25) is 0 Å². The Bertz CT molecular complexity index is 268. The lowest BCUT2D eigenvalue weighted by Crippen LogP contribution is -1.99. The fraction of sp³-hybridized carbons (Fsp3) is 0.429. The fourth-order valence-electron chi connectivity index (χ4n) is 0.731. The zero-order valence-electron chi connectivity index (χ0n) is 6.87. The van der Waals surface area contributed by atoms with Gasteiger partial charge in [-0.2, -0.15) is 4.98 Å². The van der Waals surface area contributed by atoms with E-state index < -0.39 is 0 Å². The van der Waals surface area contributed by atoms with Crippen LogP contribution in [-0.4, -0.2) is 23.1 Å². The van der Waals surface area contributed by atoms with E-state index in [0.717, 1.165) is 5.69 Å². The maximum atomic E-state index is 5.34. The van der Waals surface area contributed by atoms with Gasteiger partial charge in [0.2, 0.25) is 5.88 Å². The van der Waals surface area contributed by atoms with Gasteiger partial charge in [0.05, 0.1) is 7.11 Å². The molecule has 0 aliphatic rings. The average molecular weight is 189 g/mol. The molecule has 1 rings (SSSR count). The Morgan fingerprint density at radius 3 is 2.83 bits per heavy atom. The zero-order valence-corrected chi connectivity index (χ0v) is 7.63. The predicted octanol–water partition coefficient (Wildman–Crippen LogP) is 1.37. The molecule has 0 saturated heterocycles. The lowest BCUT2D eigenvalue weighted by molar-refractivity contribution is 0.335. The van der Waals surface area contributed by atoms with Gasteiger partial charge in [-0.05, 0) is 6.92 Å². The molecule has 1 aromatic rings. The van der Waals surface area contributed by atoms with Gasteiger partial charge in [0.1, 0.15) is 0 Å². The summed E-state index contributed by atoms with van der Waals surface area (Å²) in [4.78, 5) is 7.88. The first kappa shape index (κ1) is 9.06. The van der Waals surface area contributed by atoms with Crippen molar-refractivity contribution in [2.75, 3.05) is 13.2 Å². The molecule has 0 spiro atoms. The number of rotatable bonds is 3. The maximum Gasteiger partial charge on any atom is 0.321 e. The van der Waals surface area contributed by atoms with Crippen LogP contribution in [0.15, 0.2) is 6.07 Å². The summed E-state index contributed by atoms with van der Waals surface area (Å²) in [5.74, 6) is 0.475. The molecule has 12 heavy (non-hydrogen) atoms. The molecule has 0 amide bonds. The highest BCUT2D eigenvalue weighted by molar-refractivity contribution is 6.17. The SMILES string of the molecule is COc1cc(C)nc(OCCl)n1. The Balaban J connectivity index is 2.90. The summed E-state index contributed by atoms with van der Waals surface area (Å²) in [6.07, 6.45) is 0. The van der Waals surface area contributed by atoms with Crippen LogP contribution in [0.4, 0.5) is 0 Å². The first-order valence-electron chi connectivity index (χ1n) is 3.34. The van der Waals surface area contributed by atoms with Crippen molar-refractivity contribution in [2.45, 2.75) is 6.92 Å². The molecule has 0 atom stereocenters. The van der Waals surface area contributed by atoms with Gasteiger partial charge in [-0.15, -0.1) is 0 Å². The fourth-order valence-corrected chi connectivity index (χ4v) is 0.829. The highest BCUT2D eigenvalue weighted by atomic mass is 35.5. The molecule has 1 heterocycles. The number of aromatic nitrogens is 2. The molecule has 66 valence electrons. The summed E-state index contributed by atoms with van der Waals surface area (Å²) in [5.41, 5.74) is 0.780. The monoisotopic (exact) mass is 188 g/mol. The number of halogens is 1. The summed E-state index contributed by atoms with van der Waals surface area (Å²) in [6.45, 7) is 1.82. The predicted molar refractivity (Wildman–Crippen MR) is 44.7 cm³/mol. The average Bonchev–Trinajstić information content (AvgIpc) is 2.04. The normalized spacial score (nSPS) is 9.58. The van der Waals surface area contributed by atoms with Gasteiger partial charge in [0.25, 0.3) is 0 Å². The summed E-state index contributed by atoms with van der Waals surface area (Å²) >= 11 is 5.34. The van der Waals surface area contributed by atoms with Gasteiger partial charge in [-0.25, -0.2) is 4.98 Å². The molecule has 0 unspecified atom stereocenters. The lowest BCUT2D eigenvalue weighted by Gasteiger charge is -2.03. The Morgan fingerprint density at radius 2 is 2.25 bits per heavy atom. The van der Waals surface area contributed by atoms with Gasteiger partial charge in [0, 0.05) is 11.8 Å². The molecule has 0 aromatic carbocycles. The number of nitrogens with zero attached hydrogens (tertiary/aromatic N) is 2. The molecule has 0 saturated carbocycles. The van der Waals surface area contributed by atoms with Gasteiger partial charge in [-0.1, -0.05) is 11.6 Å². The van der Waals surface area contributed by atoms with Gasteiger partial charge >= 0.3 is 6.01 Å². The second kappa shape index (κ2) is 4.11. The van der Waals surface area contributed by atoms with E-state index in [-0.39, 0.29) is 12.1 Å². The first-order valence-corrected chi connectivity index (χ1v) is 3.88. The van der Waals surface area contributed by atoms with Crippen molar-refractivity contribution in [1.82, 2.24) is 9.97 Å². The van der Waals surface area contributed by atoms with Crippen LogP contribution in [0, 0.1) is 6.92 Å². The lowest BCUT2D eigenvalue weighted by atomic mass is 10.4. The van der Waals surface area contributed by atoms with Crippen molar-refractivity contribution in [2.24, 2.45) is 0 Å². The van der Waals surface area contributed by atoms with Crippen molar-refractivity contribution in [3.8, 4) is 11.9 Å². The molecular formula is C7H9ClN2O2. The molecule has 0 aliphatic carbocycles. The van der Waals surface area contributed by atoms with E-state index in [2.05, 4.69) is 9.97 Å². The summed E-state index contributed by atoms with van der Waals surface area (Å²) in [7, 11) is 1.53. The number of alkyl halides is 1. The number of methoxy groups -OCH3 is 1. The largest absolute Gasteiger partial charge is 0.481 e. The number of hydrogen-bond acceptors (Lipinski definition) is 4. The molecule has 0 N–H and O–H groups in total. The zero-order chi connectivity index (χ0) is 8.97. The third kappa shape index (κ3) is 2.23. The number of aryl methyl sites for hydroxylation is 1. The van der Waals surface area contributed by atoms with E-state index in [4.69, 9.17) is 21.1 Å². The topological polar surface area (TPSA) is 44.2 Å². The van der Waals surface area contributed by atoms with Crippen molar-refractivity contribution >= 4 is 11.6 Å². The Labute approximate surface area is 75.5 Å². The second-order valence-electron chi connectivity index (χ2n) is 2.09. The third-order valence-corrected chi connectivity index (χ3v) is 1.31. The Hall–Kier alpha value is -1.03. The minimum Gasteiger partial charge on any atom is -0.481 e. The summed E-state index contributed by atoms with van der Waals surface area (Å²) in [5, 5.41) is 0. The summed E-state index contributed by atoms with van der Waals surface area (Å²) < 4.78 is 9.80. The van der Waals surface area contributed by atoms with E-state index in [1.807, 2.05) is 6.92 Å². The second-order valence-corrected chi connectivity index (χ2v) is 2.31. The van der Waals surface area contributed by atoms with Crippen molar-refractivity contribution in [3.05, 3.63) is 11.8 Å². The van der Waals surface area contributed by atoms with Gasteiger partial charge in [0.15, 0.2) is 6.07 Å². The molecule has 0 fully saturated rings. The van der Waals surface area contributed by atoms with Crippen LogP contribution in [0.5, 0.6) is 11.9 Å². The molecule has 1 aromatic heterocycles. The third-order valence-electron chi connectivity index (χ3n) is 1.20. The maximum absolute atomic E-state index is 5.34. The van der Waals surface area contributed by atoms with E-state index >= 15 is 0 Å². The Morgan fingerprint density at radius 1 is 1.50 bits per heavy atom. The van der Waals surface area contributed by atoms with Gasteiger partial charge in [-0.3, -0.25) is 0 Å². The first-order chi connectivity index (χ1) is 5.76. The Kier molecular flexibility index (Phi) is 3.10.